The molecule has 1 aliphatic heterocycles. The monoisotopic (exact) mass is 290 g/mol. The highest BCUT2D eigenvalue weighted by Crippen LogP contribution is 2.37. The van der Waals surface area contributed by atoms with Crippen molar-refractivity contribution in [1.82, 2.24) is 0 Å². The highest BCUT2D eigenvalue weighted by Gasteiger charge is 2.29. The van der Waals surface area contributed by atoms with Crippen LogP contribution in [0.4, 0.5) is 18.9 Å². The zero-order valence-corrected chi connectivity index (χ0v) is 10.8. The van der Waals surface area contributed by atoms with E-state index in [0.717, 1.165) is 10.1 Å². The Labute approximate surface area is 111 Å². The molecule has 0 atom stereocenters. The Kier molecular flexibility index (Phi) is 3.91. The largest absolute Gasteiger partial charge is 0.446 e. The molecule has 0 aliphatic carbocycles. The summed E-state index contributed by atoms with van der Waals surface area (Å²) in [6.45, 7) is 4.36. The van der Waals surface area contributed by atoms with Crippen LogP contribution in [0, 0.1) is 0 Å². The molecule has 1 aromatic carbocycles. The molecule has 96 valence electrons. The SMILES string of the molecule is C=C1CN=C(Nc2ccc(SC(F)(F)F)cc2)S1. The normalized spacial score (nSPS) is 15.7. The minimum Gasteiger partial charge on any atom is -0.335 e. The average Bonchev–Trinajstić information content (AvgIpc) is 2.65. The van der Waals surface area contributed by atoms with Crippen molar-refractivity contribution in [3.8, 4) is 0 Å². The Hall–Kier alpha value is -1.08. The quantitative estimate of drug-likeness (QED) is 0.821. The van der Waals surface area contributed by atoms with E-state index in [1.807, 2.05) is 0 Å². The third kappa shape index (κ3) is 3.99. The Morgan fingerprint density at radius 1 is 1.28 bits per heavy atom. The number of halogens is 3. The molecule has 2 nitrogen and oxygen atoms in total. The lowest BCUT2D eigenvalue weighted by molar-refractivity contribution is -0.0328. The second kappa shape index (κ2) is 5.27. The highest BCUT2D eigenvalue weighted by atomic mass is 32.2. The van der Waals surface area contributed by atoms with E-state index in [-0.39, 0.29) is 16.7 Å². The van der Waals surface area contributed by atoms with Crippen LogP contribution in [0.25, 0.3) is 0 Å². The maximum Gasteiger partial charge on any atom is 0.446 e. The number of hydrogen-bond acceptors (Lipinski definition) is 4. The van der Waals surface area contributed by atoms with E-state index >= 15 is 0 Å². The number of alkyl halides is 3. The van der Waals surface area contributed by atoms with Crippen LogP contribution in [0.1, 0.15) is 0 Å². The minimum absolute atomic E-state index is 0.125. The van der Waals surface area contributed by atoms with Crippen LogP contribution in [-0.4, -0.2) is 17.2 Å². The Morgan fingerprint density at radius 3 is 2.44 bits per heavy atom. The topological polar surface area (TPSA) is 24.4 Å². The van der Waals surface area contributed by atoms with Crippen molar-refractivity contribution in [2.45, 2.75) is 10.4 Å². The highest BCUT2D eigenvalue weighted by molar-refractivity contribution is 8.17. The Balaban J connectivity index is 1.98. The van der Waals surface area contributed by atoms with E-state index in [1.54, 1.807) is 12.1 Å². The number of nitrogens with one attached hydrogen (secondary N) is 1. The van der Waals surface area contributed by atoms with Crippen LogP contribution in [0.2, 0.25) is 0 Å². The molecule has 1 aromatic rings. The van der Waals surface area contributed by atoms with E-state index in [9.17, 15) is 13.2 Å². The van der Waals surface area contributed by atoms with Gasteiger partial charge in [-0.2, -0.15) is 13.2 Å². The van der Waals surface area contributed by atoms with Crippen LogP contribution in [0.5, 0.6) is 0 Å². The Morgan fingerprint density at radius 2 is 1.94 bits per heavy atom. The molecular weight excluding hydrogens is 281 g/mol. The second-order valence-corrected chi connectivity index (χ2v) is 5.77. The Bertz CT molecular complexity index is 480. The number of rotatable bonds is 2. The second-order valence-electron chi connectivity index (χ2n) is 3.46. The first kappa shape index (κ1) is 13.4. The number of amidine groups is 1. The molecule has 1 heterocycles. The van der Waals surface area contributed by atoms with Gasteiger partial charge in [-0.1, -0.05) is 18.3 Å². The maximum absolute atomic E-state index is 12.1. The van der Waals surface area contributed by atoms with Crippen molar-refractivity contribution in [2.75, 3.05) is 11.9 Å². The summed E-state index contributed by atoms with van der Waals surface area (Å²) >= 11 is 1.31. The standard InChI is InChI=1S/C11H9F3N2S2/c1-7-6-15-10(17-7)16-8-2-4-9(5-3-8)18-11(12,13)14/h2-5H,1,6H2,(H,15,16). The molecule has 0 saturated carbocycles. The molecule has 0 bridgehead atoms. The lowest BCUT2D eigenvalue weighted by Crippen LogP contribution is -2.04. The van der Waals surface area contributed by atoms with Crippen molar-refractivity contribution in [3.63, 3.8) is 0 Å². The first-order valence-corrected chi connectivity index (χ1v) is 6.58. The third-order valence-electron chi connectivity index (χ3n) is 1.98. The lowest BCUT2D eigenvalue weighted by atomic mass is 10.3. The summed E-state index contributed by atoms with van der Waals surface area (Å²) < 4.78 is 36.4. The molecule has 18 heavy (non-hydrogen) atoms. The molecule has 0 radical (unpaired) electrons. The van der Waals surface area contributed by atoms with Crippen LogP contribution in [0.3, 0.4) is 0 Å². The van der Waals surface area contributed by atoms with Crippen molar-refractivity contribution < 1.29 is 13.2 Å². The molecule has 1 aliphatic rings. The van der Waals surface area contributed by atoms with E-state index in [1.165, 1.54) is 23.9 Å². The van der Waals surface area contributed by atoms with E-state index in [2.05, 4.69) is 16.9 Å². The van der Waals surface area contributed by atoms with Gasteiger partial charge >= 0.3 is 5.51 Å². The zero-order chi connectivity index (χ0) is 13.2. The number of benzene rings is 1. The van der Waals surface area contributed by atoms with Crippen LogP contribution in [0.15, 0.2) is 45.6 Å². The van der Waals surface area contributed by atoms with Gasteiger partial charge in [0.15, 0.2) is 5.17 Å². The summed E-state index contributed by atoms with van der Waals surface area (Å²) in [6.07, 6.45) is 0. The molecule has 2 rings (SSSR count). The molecule has 1 N–H and O–H groups in total. The fraction of sp³-hybridized carbons (Fsp3) is 0.182. The first-order chi connectivity index (χ1) is 8.42. The predicted octanol–water partition coefficient (Wildman–Crippen LogP) is 4.33. The molecule has 0 aromatic heterocycles. The van der Waals surface area contributed by atoms with E-state index in [4.69, 9.17) is 0 Å². The van der Waals surface area contributed by atoms with Crippen molar-refractivity contribution in [1.29, 1.82) is 0 Å². The molecular formula is C11H9F3N2S2. The first-order valence-electron chi connectivity index (χ1n) is 4.95. The van der Waals surface area contributed by atoms with Gasteiger partial charge in [0.05, 0.1) is 6.54 Å². The number of thioether (sulfide) groups is 2. The third-order valence-corrected chi connectivity index (χ3v) is 3.56. The summed E-state index contributed by atoms with van der Waals surface area (Å²) in [5, 5.41) is 3.74. The minimum atomic E-state index is -4.25. The van der Waals surface area contributed by atoms with Gasteiger partial charge in [-0.3, -0.25) is 4.99 Å². The average molecular weight is 290 g/mol. The molecule has 0 spiro atoms. The van der Waals surface area contributed by atoms with Gasteiger partial charge in [-0.15, -0.1) is 0 Å². The van der Waals surface area contributed by atoms with Crippen molar-refractivity contribution >= 4 is 34.4 Å². The summed E-state index contributed by atoms with van der Waals surface area (Å²) in [5.74, 6) is 0. The van der Waals surface area contributed by atoms with Crippen LogP contribution >= 0.6 is 23.5 Å². The van der Waals surface area contributed by atoms with Gasteiger partial charge < -0.3 is 5.32 Å². The van der Waals surface area contributed by atoms with Gasteiger partial charge in [-0.25, -0.2) is 0 Å². The number of anilines is 1. The summed E-state index contributed by atoms with van der Waals surface area (Å²) in [5.41, 5.74) is -3.54. The zero-order valence-electron chi connectivity index (χ0n) is 9.12. The number of aliphatic imine (C=N–C) groups is 1. The van der Waals surface area contributed by atoms with Crippen molar-refractivity contribution in [3.05, 3.63) is 35.7 Å². The fourth-order valence-corrected chi connectivity index (χ4v) is 2.53. The van der Waals surface area contributed by atoms with Gasteiger partial charge in [0.2, 0.25) is 0 Å². The smallest absolute Gasteiger partial charge is 0.335 e. The van der Waals surface area contributed by atoms with Gasteiger partial charge in [0, 0.05) is 15.5 Å². The molecule has 0 amide bonds. The van der Waals surface area contributed by atoms with E-state index in [0.29, 0.717) is 12.2 Å². The van der Waals surface area contributed by atoms with E-state index < -0.39 is 5.51 Å². The maximum atomic E-state index is 12.1. The number of hydrogen-bond donors (Lipinski definition) is 1. The van der Waals surface area contributed by atoms with Gasteiger partial charge in [0.1, 0.15) is 0 Å². The summed E-state index contributed by atoms with van der Waals surface area (Å²) in [6, 6.07) is 6.04. The van der Waals surface area contributed by atoms with Crippen LogP contribution in [-0.2, 0) is 0 Å². The molecule has 0 saturated heterocycles. The molecule has 0 fully saturated rings. The van der Waals surface area contributed by atoms with Crippen LogP contribution < -0.4 is 5.32 Å². The lowest BCUT2D eigenvalue weighted by Gasteiger charge is -2.08. The molecule has 7 heteroatoms. The van der Waals surface area contributed by atoms with Crippen molar-refractivity contribution in [2.24, 2.45) is 4.99 Å². The summed E-state index contributed by atoms with van der Waals surface area (Å²) in [4.78, 5) is 5.29. The molecule has 0 unspecified atom stereocenters. The van der Waals surface area contributed by atoms with Gasteiger partial charge in [-0.05, 0) is 36.0 Å². The van der Waals surface area contributed by atoms with Gasteiger partial charge in [0.25, 0.3) is 0 Å². The predicted molar refractivity (Wildman–Crippen MR) is 71.0 cm³/mol. The summed E-state index contributed by atoms with van der Waals surface area (Å²) in [7, 11) is 0. The number of nitrogens with zero attached hydrogens (tertiary/aromatic N) is 1. The fourth-order valence-electron chi connectivity index (χ4n) is 1.29.